The fourth-order valence-electron chi connectivity index (χ4n) is 2.55. The lowest BCUT2D eigenvalue weighted by atomic mass is 10.0. The fraction of sp³-hybridized carbons (Fsp3) is 0.929. The van der Waals surface area contributed by atoms with Crippen LogP contribution in [0.15, 0.2) is 5.16 Å². The Hall–Kier alpha value is -0.850. The fourth-order valence-corrected chi connectivity index (χ4v) is 2.55. The van der Waals surface area contributed by atoms with Gasteiger partial charge in [0.05, 0.1) is 11.6 Å². The first-order chi connectivity index (χ1) is 9.43. The minimum Gasteiger partial charge on any atom is -0.409 e. The molecule has 0 aromatic heterocycles. The average molecular weight is 286 g/mol. The Kier molecular flexibility index (Phi) is 6.71. The summed E-state index contributed by atoms with van der Waals surface area (Å²) in [5, 5.41) is 12.0. The summed E-state index contributed by atoms with van der Waals surface area (Å²) in [6, 6.07) is 0.0533. The van der Waals surface area contributed by atoms with E-state index in [1.54, 1.807) is 7.11 Å². The summed E-state index contributed by atoms with van der Waals surface area (Å²) >= 11 is 0. The number of nitrogens with zero attached hydrogens (tertiary/aromatic N) is 3. The Morgan fingerprint density at radius 3 is 2.40 bits per heavy atom. The van der Waals surface area contributed by atoms with Gasteiger partial charge in [0.1, 0.15) is 0 Å². The van der Waals surface area contributed by atoms with Crippen LogP contribution >= 0.6 is 0 Å². The second-order valence-electron chi connectivity index (χ2n) is 6.04. The Morgan fingerprint density at radius 2 is 1.95 bits per heavy atom. The maximum atomic E-state index is 8.83. The third-order valence-corrected chi connectivity index (χ3v) is 4.27. The molecule has 0 aromatic carbocycles. The number of hydrogen-bond acceptors (Lipinski definition) is 5. The molecule has 1 fully saturated rings. The highest BCUT2D eigenvalue weighted by atomic mass is 16.5. The van der Waals surface area contributed by atoms with Crippen LogP contribution in [0.3, 0.4) is 0 Å². The topological polar surface area (TPSA) is 74.3 Å². The van der Waals surface area contributed by atoms with E-state index in [1.165, 1.54) is 0 Å². The lowest BCUT2D eigenvalue weighted by Gasteiger charge is -2.39. The van der Waals surface area contributed by atoms with Gasteiger partial charge in [-0.1, -0.05) is 12.1 Å². The average Bonchev–Trinajstić information content (AvgIpc) is 2.47. The summed E-state index contributed by atoms with van der Waals surface area (Å²) in [6.45, 7) is 11.3. The van der Waals surface area contributed by atoms with Gasteiger partial charge in [-0.3, -0.25) is 4.90 Å². The molecule has 0 aromatic rings. The Labute approximate surface area is 122 Å². The number of amidine groups is 1. The molecule has 1 aliphatic rings. The van der Waals surface area contributed by atoms with Gasteiger partial charge in [0.15, 0.2) is 5.84 Å². The van der Waals surface area contributed by atoms with Crippen LogP contribution in [-0.2, 0) is 4.74 Å². The first-order valence-electron chi connectivity index (χ1n) is 7.42. The Balaban J connectivity index is 2.40. The van der Waals surface area contributed by atoms with Crippen molar-refractivity contribution < 1.29 is 9.94 Å². The molecule has 1 unspecified atom stereocenters. The van der Waals surface area contributed by atoms with Crippen molar-refractivity contribution in [1.29, 1.82) is 0 Å². The highest BCUT2D eigenvalue weighted by molar-refractivity contribution is 5.85. The van der Waals surface area contributed by atoms with E-state index in [0.29, 0.717) is 5.84 Å². The molecule has 0 spiro atoms. The molecule has 6 nitrogen and oxygen atoms in total. The monoisotopic (exact) mass is 286 g/mol. The lowest BCUT2D eigenvalue weighted by molar-refractivity contribution is 0.00255. The molecule has 1 saturated heterocycles. The van der Waals surface area contributed by atoms with E-state index in [9.17, 15) is 0 Å². The number of nitrogens with two attached hydrogens (primary N) is 1. The molecule has 0 bridgehead atoms. The van der Waals surface area contributed by atoms with E-state index in [4.69, 9.17) is 15.7 Å². The van der Waals surface area contributed by atoms with E-state index in [1.807, 2.05) is 0 Å². The highest BCUT2D eigenvalue weighted by Gasteiger charge is 2.26. The highest BCUT2D eigenvalue weighted by Crippen LogP contribution is 2.15. The molecule has 1 atom stereocenters. The SMILES string of the molecule is CCC(C(N)=NO)N1CCN(CCC(C)(C)OC)CC1. The zero-order valence-electron chi connectivity index (χ0n) is 13.3. The second kappa shape index (κ2) is 7.81. The summed E-state index contributed by atoms with van der Waals surface area (Å²) < 4.78 is 5.45. The predicted molar refractivity (Wildman–Crippen MR) is 81.2 cm³/mol. The summed E-state index contributed by atoms with van der Waals surface area (Å²) in [5.41, 5.74) is 5.70. The van der Waals surface area contributed by atoms with Crippen molar-refractivity contribution in [3.8, 4) is 0 Å². The molecular weight excluding hydrogens is 256 g/mol. The quantitative estimate of drug-likeness (QED) is 0.315. The van der Waals surface area contributed by atoms with E-state index in [2.05, 4.69) is 35.7 Å². The van der Waals surface area contributed by atoms with Crippen LogP contribution in [0, 0.1) is 0 Å². The number of rotatable bonds is 7. The van der Waals surface area contributed by atoms with E-state index in [0.717, 1.165) is 45.6 Å². The normalized spacial score (nSPS) is 21.1. The van der Waals surface area contributed by atoms with Gasteiger partial charge in [0.2, 0.25) is 0 Å². The third kappa shape index (κ3) is 4.92. The summed E-state index contributed by atoms with van der Waals surface area (Å²) in [4.78, 5) is 4.75. The van der Waals surface area contributed by atoms with Gasteiger partial charge in [-0.25, -0.2) is 0 Å². The van der Waals surface area contributed by atoms with Crippen LogP contribution in [0.1, 0.15) is 33.6 Å². The van der Waals surface area contributed by atoms with Gasteiger partial charge in [0, 0.05) is 39.8 Å². The molecule has 0 radical (unpaired) electrons. The van der Waals surface area contributed by atoms with Crippen molar-refractivity contribution in [3.63, 3.8) is 0 Å². The smallest absolute Gasteiger partial charge is 0.156 e. The molecule has 1 aliphatic heterocycles. The van der Waals surface area contributed by atoms with Gasteiger partial charge in [-0.05, 0) is 26.7 Å². The number of hydrogen-bond donors (Lipinski definition) is 2. The summed E-state index contributed by atoms with van der Waals surface area (Å²) in [6.07, 6.45) is 1.90. The predicted octanol–water partition coefficient (Wildman–Crippen LogP) is 0.944. The molecule has 1 rings (SSSR count). The zero-order chi connectivity index (χ0) is 15.2. The van der Waals surface area contributed by atoms with E-state index >= 15 is 0 Å². The van der Waals surface area contributed by atoms with Crippen molar-refractivity contribution in [2.75, 3.05) is 39.8 Å². The molecule has 0 saturated carbocycles. The standard InChI is InChI=1S/C14H30N4O2/c1-5-12(13(15)16-19)18-10-8-17(9-11-18)7-6-14(2,3)20-4/h12,19H,5-11H2,1-4H3,(H2,15,16). The number of piperazine rings is 1. The lowest BCUT2D eigenvalue weighted by Crippen LogP contribution is -2.54. The van der Waals surface area contributed by atoms with Crippen LogP contribution in [0.4, 0.5) is 0 Å². The van der Waals surface area contributed by atoms with Gasteiger partial charge in [-0.2, -0.15) is 0 Å². The number of methoxy groups -OCH3 is 1. The molecule has 20 heavy (non-hydrogen) atoms. The summed E-state index contributed by atoms with van der Waals surface area (Å²) in [5.74, 6) is 0.321. The van der Waals surface area contributed by atoms with Gasteiger partial charge >= 0.3 is 0 Å². The van der Waals surface area contributed by atoms with Crippen LogP contribution < -0.4 is 5.73 Å². The van der Waals surface area contributed by atoms with Gasteiger partial charge in [-0.15, -0.1) is 0 Å². The van der Waals surface area contributed by atoms with Gasteiger partial charge in [0.25, 0.3) is 0 Å². The molecule has 1 heterocycles. The van der Waals surface area contributed by atoms with E-state index in [-0.39, 0.29) is 11.6 Å². The molecule has 0 aliphatic carbocycles. The first-order valence-corrected chi connectivity index (χ1v) is 7.42. The van der Waals surface area contributed by atoms with E-state index < -0.39 is 0 Å². The Bertz CT molecular complexity index is 312. The van der Waals surface area contributed by atoms with Crippen molar-refractivity contribution in [1.82, 2.24) is 9.80 Å². The van der Waals surface area contributed by atoms with Crippen LogP contribution in [-0.4, -0.2) is 72.3 Å². The molecular formula is C14H30N4O2. The minimum absolute atomic E-state index is 0.0533. The van der Waals surface area contributed by atoms with Gasteiger partial charge < -0.3 is 20.6 Å². The summed E-state index contributed by atoms with van der Waals surface area (Å²) in [7, 11) is 1.76. The van der Waals surface area contributed by atoms with Crippen LogP contribution in [0.25, 0.3) is 0 Å². The first kappa shape index (κ1) is 17.2. The molecule has 6 heteroatoms. The second-order valence-corrected chi connectivity index (χ2v) is 6.04. The molecule has 118 valence electrons. The molecule has 0 amide bonds. The van der Waals surface area contributed by atoms with Crippen LogP contribution in [0.2, 0.25) is 0 Å². The van der Waals surface area contributed by atoms with Crippen molar-refractivity contribution >= 4 is 5.84 Å². The van der Waals surface area contributed by atoms with Crippen molar-refractivity contribution in [3.05, 3.63) is 0 Å². The Morgan fingerprint density at radius 1 is 1.35 bits per heavy atom. The maximum Gasteiger partial charge on any atom is 0.156 e. The number of oxime groups is 1. The third-order valence-electron chi connectivity index (χ3n) is 4.27. The largest absolute Gasteiger partial charge is 0.409 e. The zero-order valence-corrected chi connectivity index (χ0v) is 13.3. The minimum atomic E-state index is -0.0585. The maximum absolute atomic E-state index is 8.83. The van der Waals surface area contributed by atoms with Crippen LogP contribution in [0.5, 0.6) is 0 Å². The van der Waals surface area contributed by atoms with Crippen molar-refractivity contribution in [2.24, 2.45) is 10.9 Å². The molecule has 3 N–H and O–H groups in total. The van der Waals surface area contributed by atoms with Crippen molar-refractivity contribution in [2.45, 2.75) is 45.3 Å². The number of ether oxygens (including phenoxy) is 1.